The van der Waals surface area contributed by atoms with Crippen molar-refractivity contribution in [1.29, 1.82) is 0 Å². The molecule has 0 heterocycles. The molecule has 0 saturated carbocycles. The van der Waals surface area contributed by atoms with E-state index in [9.17, 15) is 0 Å². The first-order valence-corrected chi connectivity index (χ1v) is 34.4. The second kappa shape index (κ2) is 62.4. The molecule has 0 saturated heterocycles. The van der Waals surface area contributed by atoms with Crippen molar-refractivity contribution in [3.05, 3.63) is 0 Å². The standard InChI is InChI=1S/C64H132O4Si/c1-5-9-13-17-21-25-29-33-37-41-45-49-53-57-61-65-69(66-62-58-54-50-46-42-38-34-30-26-22-18-14-10-6-2,67-63-59-55-51-47-43-39-35-31-27-23-19-15-11-7-3)68-64-60-56-52-48-44-40-36-32-28-24-20-16-12-8-4/h5-64H2,1-4H3. The van der Waals surface area contributed by atoms with E-state index >= 15 is 0 Å². The largest absolute Gasteiger partial charge is 0.679 e. The molecule has 0 atom stereocenters. The molecule has 0 unspecified atom stereocenters. The lowest BCUT2D eigenvalue weighted by molar-refractivity contribution is -0.0375. The van der Waals surface area contributed by atoms with Gasteiger partial charge in [-0.2, -0.15) is 0 Å². The van der Waals surface area contributed by atoms with Crippen LogP contribution in [0.1, 0.15) is 387 Å². The fourth-order valence-electron chi connectivity index (χ4n) is 10.2. The van der Waals surface area contributed by atoms with Crippen molar-refractivity contribution in [2.75, 3.05) is 26.4 Å². The Hall–Kier alpha value is 0.0569. The molecule has 0 N–H and O–H groups in total. The molecule has 0 aromatic heterocycles. The number of hydrogen-bond acceptors (Lipinski definition) is 4. The van der Waals surface area contributed by atoms with E-state index in [4.69, 9.17) is 17.7 Å². The van der Waals surface area contributed by atoms with Crippen LogP contribution in [0.2, 0.25) is 0 Å². The van der Waals surface area contributed by atoms with Gasteiger partial charge in [0.15, 0.2) is 0 Å². The molecule has 0 aliphatic carbocycles. The van der Waals surface area contributed by atoms with Crippen LogP contribution in [0.3, 0.4) is 0 Å². The van der Waals surface area contributed by atoms with Crippen molar-refractivity contribution < 1.29 is 17.7 Å². The molecule has 4 nitrogen and oxygen atoms in total. The van der Waals surface area contributed by atoms with Crippen LogP contribution in [0.5, 0.6) is 0 Å². The maximum atomic E-state index is 6.77. The minimum atomic E-state index is -3.22. The van der Waals surface area contributed by atoms with Crippen LogP contribution in [0.15, 0.2) is 0 Å². The van der Waals surface area contributed by atoms with Gasteiger partial charge in [0.2, 0.25) is 0 Å². The Labute approximate surface area is 438 Å². The Morgan fingerprint density at radius 1 is 0.145 bits per heavy atom. The normalized spacial score (nSPS) is 12.0. The Bertz CT molecular complexity index is 744. The van der Waals surface area contributed by atoms with Gasteiger partial charge in [-0.25, -0.2) is 0 Å². The highest BCUT2D eigenvalue weighted by Gasteiger charge is 2.45. The third-order valence-electron chi connectivity index (χ3n) is 15.1. The first-order chi connectivity index (χ1) is 34.2. The summed E-state index contributed by atoms with van der Waals surface area (Å²) < 4.78 is 27.1. The highest BCUT2D eigenvalue weighted by Crippen LogP contribution is 2.21. The van der Waals surface area contributed by atoms with Gasteiger partial charge in [0, 0.05) is 26.4 Å². The summed E-state index contributed by atoms with van der Waals surface area (Å²) in [7, 11) is -3.22. The van der Waals surface area contributed by atoms with Crippen LogP contribution in [0.4, 0.5) is 0 Å². The lowest BCUT2D eigenvalue weighted by Gasteiger charge is -2.28. The quantitative estimate of drug-likeness (QED) is 0.0449. The molecule has 69 heavy (non-hydrogen) atoms. The van der Waals surface area contributed by atoms with Gasteiger partial charge in [0.1, 0.15) is 0 Å². The summed E-state index contributed by atoms with van der Waals surface area (Å²) in [4.78, 5) is 0. The SMILES string of the molecule is CCCCCCCCCCCCCCCCO[Si](OCCCCCCCCCCCCCCCC)(OCCCCCCCCCCCCCCCC)OCCCCCCCCCCCCCCCC. The van der Waals surface area contributed by atoms with E-state index in [2.05, 4.69) is 27.7 Å². The third-order valence-corrected chi connectivity index (χ3v) is 17.3. The van der Waals surface area contributed by atoms with Gasteiger partial charge < -0.3 is 17.7 Å². The first kappa shape index (κ1) is 69.1. The van der Waals surface area contributed by atoms with E-state index in [1.807, 2.05) is 0 Å². The summed E-state index contributed by atoms with van der Waals surface area (Å²) in [6.45, 7) is 12.1. The second-order valence-corrected chi connectivity index (χ2v) is 24.4. The summed E-state index contributed by atoms with van der Waals surface area (Å²) in [5, 5.41) is 0. The average Bonchev–Trinajstić information content (AvgIpc) is 3.36. The molecule has 416 valence electrons. The molecular weight excluding hydrogens is 861 g/mol. The first-order valence-electron chi connectivity index (χ1n) is 32.8. The predicted molar refractivity (Wildman–Crippen MR) is 311 cm³/mol. The zero-order chi connectivity index (χ0) is 49.8. The van der Waals surface area contributed by atoms with Gasteiger partial charge in [0.05, 0.1) is 0 Å². The van der Waals surface area contributed by atoms with Gasteiger partial charge >= 0.3 is 9.05 Å². The van der Waals surface area contributed by atoms with Crippen molar-refractivity contribution in [3.8, 4) is 0 Å². The van der Waals surface area contributed by atoms with Crippen molar-refractivity contribution >= 4 is 9.05 Å². The second-order valence-electron chi connectivity index (χ2n) is 22.3. The summed E-state index contributed by atoms with van der Waals surface area (Å²) in [6.07, 6.45) is 76.8. The van der Waals surface area contributed by atoms with Crippen LogP contribution in [-0.2, 0) is 17.7 Å². The van der Waals surface area contributed by atoms with Crippen molar-refractivity contribution in [1.82, 2.24) is 0 Å². The lowest BCUT2D eigenvalue weighted by Crippen LogP contribution is -2.50. The zero-order valence-electron chi connectivity index (χ0n) is 48.6. The van der Waals surface area contributed by atoms with Gasteiger partial charge in [-0.1, -0.05) is 362 Å². The van der Waals surface area contributed by atoms with Crippen LogP contribution in [0, 0.1) is 0 Å². The highest BCUT2D eigenvalue weighted by atomic mass is 28.4. The number of hydrogen-bond donors (Lipinski definition) is 0. The van der Waals surface area contributed by atoms with Crippen molar-refractivity contribution in [2.45, 2.75) is 387 Å². The van der Waals surface area contributed by atoms with E-state index in [0.717, 1.165) is 25.7 Å². The van der Waals surface area contributed by atoms with Crippen LogP contribution in [-0.4, -0.2) is 35.5 Å². The molecule has 0 aliphatic heterocycles. The molecule has 0 aromatic rings. The maximum absolute atomic E-state index is 6.77. The molecule has 0 amide bonds. The van der Waals surface area contributed by atoms with Gasteiger partial charge in [-0.15, -0.1) is 0 Å². The summed E-state index contributed by atoms with van der Waals surface area (Å²) in [5.74, 6) is 0. The number of unbranched alkanes of at least 4 members (excludes halogenated alkanes) is 52. The van der Waals surface area contributed by atoms with Gasteiger partial charge in [-0.3, -0.25) is 0 Å². The summed E-state index contributed by atoms with van der Waals surface area (Å²) in [6, 6.07) is 0. The Morgan fingerprint density at radius 3 is 0.362 bits per heavy atom. The van der Waals surface area contributed by atoms with Crippen molar-refractivity contribution in [3.63, 3.8) is 0 Å². The average molecular weight is 994 g/mol. The number of rotatable bonds is 64. The van der Waals surface area contributed by atoms with Gasteiger partial charge in [-0.05, 0) is 25.7 Å². The predicted octanol–water partition coefficient (Wildman–Crippen LogP) is 23.4. The molecular formula is C64H132O4Si. The molecule has 0 bridgehead atoms. The fourth-order valence-corrected chi connectivity index (χ4v) is 12.3. The molecule has 0 aromatic carbocycles. The van der Waals surface area contributed by atoms with E-state index < -0.39 is 9.05 Å². The lowest BCUT2D eigenvalue weighted by atomic mass is 10.0. The van der Waals surface area contributed by atoms with Gasteiger partial charge in [0.25, 0.3) is 0 Å². The zero-order valence-corrected chi connectivity index (χ0v) is 49.6. The van der Waals surface area contributed by atoms with Crippen LogP contribution < -0.4 is 0 Å². The monoisotopic (exact) mass is 993 g/mol. The summed E-state index contributed by atoms with van der Waals surface area (Å²) in [5.41, 5.74) is 0. The minimum absolute atomic E-state index is 0.709. The topological polar surface area (TPSA) is 36.9 Å². The molecule has 0 radical (unpaired) electrons. The Morgan fingerprint density at radius 2 is 0.246 bits per heavy atom. The third kappa shape index (κ3) is 57.2. The maximum Gasteiger partial charge on any atom is 0.679 e. The molecule has 0 rings (SSSR count). The highest BCUT2D eigenvalue weighted by molar-refractivity contribution is 6.53. The fraction of sp³-hybridized carbons (Fsp3) is 1.00. The molecule has 0 spiro atoms. The van der Waals surface area contributed by atoms with Crippen LogP contribution in [0.25, 0.3) is 0 Å². The van der Waals surface area contributed by atoms with Crippen molar-refractivity contribution in [2.24, 2.45) is 0 Å². The van der Waals surface area contributed by atoms with E-state index in [0.29, 0.717) is 26.4 Å². The van der Waals surface area contributed by atoms with E-state index in [-0.39, 0.29) is 0 Å². The van der Waals surface area contributed by atoms with E-state index in [1.165, 1.54) is 334 Å². The Balaban J connectivity index is 4.95. The smallest absolute Gasteiger partial charge is 0.351 e. The molecule has 0 aliphatic rings. The van der Waals surface area contributed by atoms with E-state index in [1.54, 1.807) is 0 Å². The molecule has 0 fully saturated rings. The molecule has 5 heteroatoms. The Kier molecular flexibility index (Phi) is 62.4. The summed E-state index contributed by atoms with van der Waals surface area (Å²) >= 11 is 0. The minimum Gasteiger partial charge on any atom is -0.351 e. The van der Waals surface area contributed by atoms with Crippen LogP contribution >= 0.6 is 0 Å².